The lowest BCUT2D eigenvalue weighted by Crippen LogP contribution is -2.55. The summed E-state index contributed by atoms with van der Waals surface area (Å²) < 4.78 is 17.9. The van der Waals surface area contributed by atoms with Gasteiger partial charge in [-0.25, -0.2) is 0 Å². The van der Waals surface area contributed by atoms with Crippen LogP contribution in [-0.2, 0) is 19.1 Å². The van der Waals surface area contributed by atoms with E-state index in [1.807, 2.05) is 36.4 Å². The number of Topliss-reactive ketones (excluding diaryl/α,β-unsaturated/α-hetero) is 1. The maximum Gasteiger partial charge on any atom is 0.247 e. The molecule has 0 heterocycles. The third-order valence-electron chi connectivity index (χ3n) is 6.49. The average molecular weight is 689 g/mol. The molecule has 3 atom stereocenters. The standard InChI is InChI=1S/C29H41IN2O9/c1-18(2)40-12-6-10-32(26(36)8-5-7-19(3)35)23-15-21(29(38)31-9-11-33)16-24(27(23)37)41-28-22(30)13-20(17-34)14-25(28)39-4/h13-14,16-18,23-24,27,33,37H,5-12,15H2,1-4H3,(H,31,38)/t23-,24+,27+/m1/s1. The summed E-state index contributed by atoms with van der Waals surface area (Å²) in [4.78, 5) is 50.8. The van der Waals surface area contributed by atoms with E-state index in [2.05, 4.69) is 5.32 Å². The molecule has 0 fully saturated rings. The Morgan fingerprint density at radius 2 is 1.95 bits per heavy atom. The molecule has 0 aliphatic heterocycles. The Bertz CT molecular complexity index is 1090. The Balaban J connectivity index is 2.45. The van der Waals surface area contributed by atoms with Crippen LogP contribution in [-0.4, -0.2) is 96.8 Å². The Hall–Kier alpha value is -2.55. The molecule has 0 bridgehead atoms. The molecule has 0 saturated heterocycles. The van der Waals surface area contributed by atoms with Crippen molar-refractivity contribution in [2.45, 2.75) is 77.2 Å². The summed E-state index contributed by atoms with van der Waals surface area (Å²) in [6, 6.07) is 2.30. The van der Waals surface area contributed by atoms with E-state index in [0.717, 1.165) is 0 Å². The maximum absolute atomic E-state index is 13.5. The van der Waals surface area contributed by atoms with E-state index >= 15 is 0 Å². The third kappa shape index (κ3) is 10.7. The van der Waals surface area contributed by atoms with Crippen LogP contribution in [0.4, 0.5) is 0 Å². The molecule has 0 saturated carbocycles. The van der Waals surface area contributed by atoms with Crippen molar-refractivity contribution in [3.8, 4) is 11.5 Å². The quantitative estimate of drug-likeness (QED) is 0.127. The number of methoxy groups -OCH3 is 1. The van der Waals surface area contributed by atoms with E-state index < -0.39 is 24.2 Å². The van der Waals surface area contributed by atoms with Gasteiger partial charge < -0.3 is 39.4 Å². The third-order valence-corrected chi connectivity index (χ3v) is 7.29. The Kier molecular flexibility index (Phi) is 14.7. The van der Waals surface area contributed by atoms with E-state index in [1.165, 1.54) is 26.2 Å². The van der Waals surface area contributed by atoms with Gasteiger partial charge in [-0.05, 0) is 74.4 Å². The Morgan fingerprint density at radius 3 is 2.56 bits per heavy atom. The molecule has 1 aromatic rings. The monoisotopic (exact) mass is 688 g/mol. The van der Waals surface area contributed by atoms with Crippen LogP contribution < -0.4 is 14.8 Å². The number of ketones is 1. The molecule has 12 heteroatoms. The van der Waals surface area contributed by atoms with E-state index in [1.54, 1.807) is 11.0 Å². The number of hydrogen-bond acceptors (Lipinski definition) is 9. The highest BCUT2D eigenvalue weighted by atomic mass is 127. The van der Waals surface area contributed by atoms with E-state index in [4.69, 9.17) is 14.2 Å². The molecule has 1 aliphatic carbocycles. The lowest BCUT2D eigenvalue weighted by molar-refractivity contribution is -0.139. The molecule has 0 aromatic heterocycles. The lowest BCUT2D eigenvalue weighted by atomic mass is 9.87. The van der Waals surface area contributed by atoms with Crippen molar-refractivity contribution in [3.05, 3.63) is 32.9 Å². The predicted octanol–water partition coefficient (Wildman–Crippen LogP) is 2.43. The van der Waals surface area contributed by atoms with Crippen LogP contribution in [0, 0.1) is 3.57 Å². The van der Waals surface area contributed by atoms with Gasteiger partial charge in [0.05, 0.1) is 29.4 Å². The minimum Gasteiger partial charge on any atom is -0.493 e. The number of aliphatic hydroxyl groups excluding tert-OH is 2. The number of carbonyl (C=O) groups excluding carboxylic acids is 4. The second-order valence-corrected chi connectivity index (χ2v) is 11.2. The Labute approximate surface area is 254 Å². The number of hydrogen-bond donors (Lipinski definition) is 3. The summed E-state index contributed by atoms with van der Waals surface area (Å²) in [5.74, 6) is -0.168. The number of carbonyl (C=O) groups is 4. The fourth-order valence-corrected chi connectivity index (χ4v) is 5.25. The summed E-state index contributed by atoms with van der Waals surface area (Å²) in [5, 5.41) is 23.4. The second-order valence-electron chi connectivity index (χ2n) is 10.1. The minimum atomic E-state index is -1.22. The maximum atomic E-state index is 13.5. The second kappa shape index (κ2) is 17.4. The van der Waals surface area contributed by atoms with Crippen molar-refractivity contribution < 1.29 is 43.6 Å². The number of aldehydes is 1. The molecule has 3 N–H and O–H groups in total. The van der Waals surface area contributed by atoms with Gasteiger partial charge in [0.1, 0.15) is 24.3 Å². The minimum absolute atomic E-state index is 0.0144. The first-order valence-electron chi connectivity index (χ1n) is 13.7. The van der Waals surface area contributed by atoms with Gasteiger partial charge >= 0.3 is 0 Å². The molecular weight excluding hydrogens is 647 g/mol. The summed E-state index contributed by atoms with van der Waals surface area (Å²) in [7, 11) is 1.43. The normalized spacial score (nSPS) is 18.4. The summed E-state index contributed by atoms with van der Waals surface area (Å²) in [5.41, 5.74) is 0.670. The van der Waals surface area contributed by atoms with Gasteiger partial charge in [0.15, 0.2) is 11.5 Å². The zero-order valence-corrected chi connectivity index (χ0v) is 26.2. The van der Waals surface area contributed by atoms with Gasteiger partial charge in [0.25, 0.3) is 0 Å². The molecule has 0 radical (unpaired) electrons. The molecule has 0 unspecified atom stereocenters. The van der Waals surface area contributed by atoms with Gasteiger partial charge in [0, 0.05) is 50.1 Å². The van der Waals surface area contributed by atoms with E-state index in [-0.39, 0.29) is 73.8 Å². The molecule has 1 aliphatic rings. The fourth-order valence-electron chi connectivity index (χ4n) is 4.50. The molecule has 2 rings (SSSR count). The summed E-state index contributed by atoms with van der Waals surface area (Å²) in [6.45, 7) is 5.75. The number of halogens is 1. The zero-order valence-electron chi connectivity index (χ0n) is 24.1. The van der Waals surface area contributed by atoms with Crippen molar-refractivity contribution in [1.29, 1.82) is 0 Å². The van der Waals surface area contributed by atoms with Crippen LogP contribution in [0.5, 0.6) is 11.5 Å². The first-order chi connectivity index (χ1) is 19.5. The van der Waals surface area contributed by atoms with Crippen molar-refractivity contribution >= 4 is 46.5 Å². The molecule has 11 nitrogen and oxygen atoms in total. The van der Waals surface area contributed by atoms with Gasteiger partial charge in [-0.2, -0.15) is 0 Å². The number of nitrogens with zero attached hydrogens (tertiary/aromatic N) is 1. The molecule has 41 heavy (non-hydrogen) atoms. The fraction of sp³-hybridized carbons (Fsp3) is 0.586. The highest BCUT2D eigenvalue weighted by Crippen LogP contribution is 2.37. The first kappa shape index (κ1) is 34.7. The van der Waals surface area contributed by atoms with Crippen LogP contribution >= 0.6 is 22.6 Å². The number of ether oxygens (including phenoxy) is 3. The molecule has 2 amide bonds. The molecule has 1 aromatic carbocycles. The van der Waals surface area contributed by atoms with Crippen LogP contribution in [0.15, 0.2) is 23.8 Å². The molecular formula is C29H41IN2O9. The largest absolute Gasteiger partial charge is 0.493 e. The first-order valence-corrected chi connectivity index (χ1v) is 14.8. The molecule has 228 valence electrons. The van der Waals surface area contributed by atoms with Gasteiger partial charge in [0.2, 0.25) is 11.8 Å². The van der Waals surface area contributed by atoms with Crippen LogP contribution in [0.3, 0.4) is 0 Å². The van der Waals surface area contributed by atoms with Crippen molar-refractivity contribution in [2.75, 3.05) is 33.4 Å². The highest BCUT2D eigenvalue weighted by molar-refractivity contribution is 14.1. The van der Waals surface area contributed by atoms with Gasteiger partial charge in [-0.3, -0.25) is 14.4 Å². The van der Waals surface area contributed by atoms with Gasteiger partial charge in [-0.15, -0.1) is 0 Å². The number of aliphatic hydroxyl groups is 2. The van der Waals surface area contributed by atoms with Crippen molar-refractivity contribution in [3.63, 3.8) is 0 Å². The van der Waals surface area contributed by atoms with E-state index in [9.17, 15) is 29.4 Å². The molecule has 0 spiro atoms. The number of amides is 2. The van der Waals surface area contributed by atoms with Crippen molar-refractivity contribution in [1.82, 2.24) is 10.2 Å². The lowest BCUT2D eigenvalue weighted by Gasteiger charge is -2.41. The number of rotatable bonds is 17. The van der Waals surface area contributed by atoms with Crippen LogP contribution in [0.25, 0.3) is 0 Å². The summed E-state index contributed by atoms with van der Waals surface area (Å²) >= 11 is 2.00. The predicted molar refractivity (Wildman–Crippen MR) is 160 cm³/mol. The van der Waals surface area contributed by atoms with E-state index in [0.29, 0.717) is 34.9 Å². The summed E-state index contributed by atoms with van der Waals surface area (Å²) in [6.07, 6.45) is 1.23. The average Bonchev–Trinajstić information content (AvgIpc) is 2.93. The topological polar surface area (TPSA) is 152 Å². The zero-order chi connectivity index (χ0) is 30.5. The van der Waals surface area contributed by atoms with Gasteiger partial charge in [-0.1, -0.05) is 0 Å². The number of benzene rings is 1. The smallest absolute Gasteiger partial charge is 0.247 e. The van der Waals surface area contributed by atoms with Crippen LogP contribution in [0.2, 0.25) is 0 Å². The SMILES string of the molecule is COc1cc(C=O)cc(I)c1O[C@H]1C=C(C(=O)NCCO)C[C@@H](N(CCCOC(C)C)C(=O)CCCC(C)=O)[C@@H]1O. The van der Waals surface area contributed by atoms with Crippen molar-refractivity contribution in [2.24, 2.45) is 0 Å². The Morgan fingerprint density at radius 1 is 1.22 bits per heavy atom. The van der Waals surface area contributed by atoms with Crippen LogP contribution in [0.1, 0.15) is 63.2 Å². The number of nitrogens with one attached hydrogen (secondary N) is 1. The highest BCUT2D eigenvalue weighted by Gasteiger charge is 2.40.